The highest BCUT2D eigenvalue weighted by atomic mass is 16.6. The molecule has 0 aliphatic carbocycles. The lowest BCUT2D eigenvalue weighted by Crippen LogP contribution is -2.46. The van der Waals surface area contributed by atoms with Crippen molar-refractivity contribution in [3.8, 4) is 0 Å². The number of nitro groups is 1. The smallest absolute Gasteiger partial charge is 0.339 e. The van der Waals surface area contributed by atoms with Crippen LogP contribution in [0.3, 0.4) is 0 Å². The lowest BCUT2D eigenvalue weighted by atomic mass is 10.1. The van der Waals surface area contributed by atoms with Gasteiger partial charge < -0.3 is 10.1 Å². The Balaban J connectivity index is 2.73. The SMILES string of the molecule is Cc1ccc(C(=O)O[C@@H](C)C(=O)NC(=O)NC(C)C)cc1[N+](=O)[O-]. The van der Waals surface area contributed by atoms with Crippen molar-refractivity contribution in [2.24, 2.45) is 0 Å². The Morgan fingerprint density at radius 1 is 1.21 bits per heavy atom. The summed E-state index contributed by atoms with van der Waals surface area (Å²) in [6.07, 6.45) is -1.24. The number of benzene rings is 1. The summed E-state index contributed by atoms with van der Waals surface area (Å²) in [6.45, 7) is 6.27. The van der Waals surface area contributed by atoms with Crippen LogP contribution in [0.2, 0.25) is 0 Å². The number of carbonyl (C=O) groups excluding carboxylic acids is 3. The summed E-state index contributed by atoms with van der Waals surface area (Å²) < 4.78 is 4.93. The Morgan fingerprint density at radius 2 is 1.83 bits per heavy atom. The van der Waals surface area contributed by atoms with E-state index in [1.165, 1.54) is 26.0 Å². The van der Waals surface area contributed by atoms with Crippen LogP contribution in [0.15, 0.2) is 18.2 Å². The molecular formula is C15H19N3O6. The fraction of sp³-hybridized carbons (Fsp3) is 0.400. The number of nitrogens with zero attached hydrogens (tertiary/aromatic N) is 1. The largest absolute Gasteiger partial charge is 0.449 e. The van der Waals surface area contributed by atoms with Gasteiger partial charge in [-0.3, -0.25) is 20.2 Å². The third-order valence-electron chi connectivity index (χ3n) is 2.95. The summed E-state index contributed by atoms with van der Waals surface area (Å²) in [5.41, 5.74) is 0.115. The lowest BCUT2D eigenvalue weighted by Gasteiger charge is -2.14. The Hall–Kier alpha value is -2.97. The Morgan fingerprint density at radius 3 is 2.38 bits per heavy atom. The van der Waals surface area contributed by atoms with Crippen molar-refractivity contribution in [1.29, 1.82) is 0 Å². The minimum absolute atomic E-state index is 0.0569. The number of hydrogen-bond donors (Lipinski definition) is 2. The van der Waals surface area contributed by atoms with Gasteiger partial charge in [-0.15, -0.1) is 0 Å². The molecule has 130 valence electrons. The van der Waals surface area contributed by atoms with Crippen molar-refractivity contribution in [3.63, 3.8) is 0 Å². The maximum absolute atomic E-state index is 12.0. The monoisotopic (exact) mass is 337 g/mol. The number of carbonyl (C=O) groups is 3. The highest BCUT2D eigenvalue weighted by molar-refractivity contribution is 5.98. The number of urea groups is 1. The molecule has 0 aromatic heterocycles. The quantitative estimate of drug-likeness (QED) is 0.478. The zero-order valence-corrected chi connectivity index (χ0v) is 13.8. The number of rotatable bonds is 5. The fourth-order valence-corrected chi connectivity index (χ4v) is 1.73. The molecule has 9 heteroatoms. The Bertz CT molecular complexity index is 671. The van der Waals surface area contributed by atoms with E-state index in [0.717, 1.165) is 6.07 Å². The van der Waals surface area contributed by atoms with Gasteiger partial charge in [0.15, 0.2) is 6.10 Å². The number of hydrogen-bond acceptors (Lipinski definition) is 6. The van der Waals surface area contributed by atoms with Gasteiger partial charge in [0.2, 0.25) is 0 Å². The van der Waals surface area contributed by atoms with Crippen LogP contribution in [0, 0.1) is 17.0 Å². The minimum atomic E-state index is -1.24. The van der Waals surface area contributed by atoms with Crippen LogP contribution >= 0.6 is 0 Å². The first-order valence-corrected chi connectivity index (χ1v) is 7.19. The van der Waals surface area contributed by atoms with Gasteiger partial charge in [-0.1, -0.05) is 6.07 Å². The van der Waals surface area contributed by atoms with E-state index in [2.05, 4.69) is 5.32 Å². The maximum Gasteiger partial charge on any atom is 0.339 e. The maximum atomic E-state index is 12.0. The van der Waals surface area contributed by atoms with Gasteiger partial charge in [0.1, 0.15) is 0 Å². The molecule has 1 aromatic carbocycles. The zero-order chi connectivity index (χ0) is 18.4. The third kappa shape index (κ3) is 5.34. The number of nitro benzene ring substituents is 1. The standard InChI is InChI=1S/C15H19N3O6/c1-8(2)16-15(21)17-13(19)10(4)24-14(20)11-6-5-9(3)12(7-11)18(22)23/h5-8,10H,1-4H3,(H2,16,17,19,21)/t10-/m0/s1. The topological polar surface area (TPSA) is 128 Å². The Kier molecular flexibility index (Phi) is 6.39. The molecule has 0 radical (unpaired) electrons. The highest BCUT2D eigenvalue weighted by Crippen LogP contribution is 2.20. The van der Waals surface area contributed by atoms with Gasteiger partial charge in [0.25, 0.3) is 11.6 Å². The number of amides is 3. The van der Waals surface area contributed by atoms with Gasteiger partial charge in [-0.2, -0.15) is 0 Å². The van der Waals surface area contributed by atoms with E-state index in [1.807, 2.05) is 5.32 Å². The van der Waals surface area contributed by atoms with Crippen LogP contribution in [0.25, 0.3) is 0 Å². The molecule has 0 saturated carbocycles. The van der Waals surface area contributed by atoms with E-state index in [4.69, 9.17) is 4.74 Å². The molecule has 0 unspecified atom stereocenters. The van der Waals surface area contributed by atoms with Crippen molar-refractivity contribution in [3.05, 3.63) is 39.4 Å². The first-order valence-electron chi connectivity index (χ1n) is 7.19. The fourth-order valence-electron chi connectivity index (χ4n) is 1.73. The number of nitrogens with one attached hydrogen (secondary N) is 2. The van der Waals surface area contributed by atoms with Gasteiger partial charge in [-0.25, -0.2) is 9.59 Å². The summed E-state index contributed by atoms with van der Waals surface area (Å²) in [4.78, 5) is 45.4. The first-order chi connectivity index (χ1) is 11.1. The van der Waals surface area contributed by atoms with Crippen LogP contribution in [-0.2, 0) is 9.53 Å². The van der Waals surface area contributed by atoms with E-state index < -0.39 is 28.9 Å². The normalized spacial score (nSPS) is 11.5. The molecule has 0 aliphatic rings. The van der Waals surface area contributed by atoms with Crippen molar-refractivity contribution in [2.75, 3.05) is 0 Å². The van der Waals surface area contributed by atoms with Gasteiger partial charge in [0, 0.05) is 17.7 Å². The molecule has 1 aromatic rings. The third-order valence-corrected chi connectivity index (χ3v) is 2.95. The van der Waals surface area contributed by atoms with E-state index in [1.54, 1.807) is 13.8 Å². The van der Waals surface area contributed by atoms with Crippen LogP contribution in [0.4, 0.5) is 10.5 Å². The van der Waals surface area contributed by atoms with Crippen LogP contribution < -0.4 is 10.6 Å². The molecule has 0 spiro atoms. The molecule has 3 amide bonds. The minimum Gasteiger partial charge on any atom is -0.449 e. The van der Waals surface area contributed by atoms with Gasteiger partial charge in [-0.05, 0) is 33.8 Å². The Labute approximate surface area is 138 Å². The predicted molar refractivity (Wildman–Crippen MR) is 84.5 cm³/mol. The number of ether oxygens (including phenoxy) is 1. The van der Waals surface area contributed by atoms with Crippen LogP contribution in [0.5, 0.6) is 0 Å². The van der Waals surface area contributed by atoms with Crippen LogP contribution in [0.1, 0.15) is 36.7 Å². The van der Waals surface area contributed by atoms with E-state index in [9.17, 15) is 24.5 Å². The van der Waals surface area contributed by atoms with E-state index >= 15 is 0 Å². The number of aryl methyl sites for hydroxylation is 1. The summed E-state index contributed by atoms with van der Waals surface area (Å²) >= 11 is 0. The molecular weight excluding hydrogens is 318 g/mol. The second-order valence-electron chi connectivity index (χ2n) is 5.42. The number of esters is 1. The summed E-state index contributed by atoms with van der Waals surface area (Å²) in [5.74, 6) is -1.70. The average molecular weight is 337 g/mol. The summed E-state index contributed by atoms with van der Waals surface area (Å²) in [6, 6.07) is 2.98. The molecule has 9 nitrogen and oxygen atoms in total. The second kappa shape index (κ2) is 8.04. The molecule has 0 saturated heterocycles. The average Bonchev–Trinajstić information content (AvgIpc) is 2.45. The molecule has 1 atom stereocenters. The van der Waals surface area contributed by atoms with Gasteiger partial charge >= 0.3 is 12.0 Å². The molecule has 0 fully saturated rings. The van der Waals surface area contributed by atoms with Crippen molar-refractivity contribution < 1.29 is 24.0 Å². The molecule has 0 heterocycles. The second-order valence-corrected chi connectivity index (χ2v) is 5.42. The van der Waals surface area contributed by atoms with Gasteiger partial charge in [0.05, 0.1) is 10.5 Å². The van der Waals surface area contributed by atoms with Crippen molar-refractivity contribution in [1.82, 2.24) is 10.6 Å². The lowest BCUT2D eigenvalue weighted by molar-refractivity contribution is -0.385. The molecule has 1 rings (SSSR count). The molecule has 0 aliphatic heterocycles. The molecule has 24 heavy (non-hydrogen) atoms. The van der Waals surface area contributed by atoms with Crippen molar-refractivity contribution >= 4 is 23.6 Å². The predicted octanol–water partition coefficient (Wildman–Crippen LogP) is 1.68. The zero-order valence-electron chi connectivity index (χ0n) is 13.8. The molecule has 2 N–H and O–H groups in total. The number of imide groups is 1. The highest BCUT2D eigenvalue weighted by Gasteiger charge is 2.22. The summed E-state index contributed by atoms with van der Waals surface area (Å²) in [5, 5.41) is 15.4. The summed E-state index contributed by atoms with van der Waals surface area (Å²) in [7, 11) is 0. The van der Waals surface area contributed by atoms with Crippen molar-refractivity contribution in [2.45, 2.75) is 39.8 Å². The van der Waals surface area contributed by atoms with Crippen LogP contribution in [-0.4, -0.2) is 35.0 Å². The van der Waals surface area contributed by atoms with E-state index in [0.29, 0.717) is 5.56 Å². The molecule has 0 bridgehead atoms. The first kappa shape index (κ1) is 19.1. The van der Waals surface area contributed by atoms with E-state index in [-0.39, 0.29) is 17.3 Å².